The molecule has 0 aliphatic rings. The number of carbonyl (C=O) groups is 1. The molecule has 69 valence electrons. The van der Waals surface area contributed by atoms with Crippen molar-refractivity contribution < 1.29 is 9.90 Å². The lowest BCUT2D eigenvalue weighted by atomic mass is 9.85. The summed E-state index contributed by atoms with van der Waals surface area (Å²) >= 11 is 0. The second kappa shape index (κ2) is 3.17. The first-order valence-electron chi connectivity index (χ1n) is 4.09. The molecule has 0 saturated heterocycles. The Morgan fingerprint density at radius 1 is 1.38 bits per heavy atom. The van der Waals surface area contributed by atoms with Crippen LogP contribution in [0.15, 0.2) is 18.5 Å². The van der Waals surface area contributed by atoms with Crippen molar-refractivity contribution >= 4 is 5.97 Å². The third-order valence-electron chi connectivity index (χ3n) is 1.85. The highest BCUT2D eigenvalue weighted by Gasteiger charge is 2.21. The second-order valence-electron chi connectivity index (χ2n) is 3.96. The van der Waals surface area contributed by atoms with E-state index in [1.807, 2.05) is 20.8 Å². The molecule has 1 aromatic rings. The van der Waals surface area contributed by atoms with Gasteiger partial charge in [0.2, 0.25) is 0 Å². The molecule has 0 N–H and O–H groups in total. The van der Waals surface area contributed by atoms with E-state index in [0.717, 1.165) is 5.56 Å². The average molecular weight is 178 g/mol. The Hall–Kier alpha value is -1.38. The van der Waals surface area contributed by atoms with E-state index in [0.29, 0.717) is 0 Å². The van der Waals surface area contributed by atoms with Gasteiger partial charge in [0.05, 0.1) is 5.56 Å². The van der Waals surface area contributed by atoms with Gasteiger partial charge in [-0.1, -0.05) is 20.8 Å². The minimum Gasteiger partial charge on any atom is -0.264 e. The number of hydrogen-bond acceptors (Lipinski definition) is 2. The molecule has 3 heteroatoms. The summed E-state index contributed by atoms with van der Waals surface area (Å²) in [4.78, 5) is 14.5. The number of pyridine rings is 1. The zero-order valence-corrected chi connectivity index (χ0v) is 8.00. The van der Waals surface area contributed by atoms with Gasteiger partial charge in [-0.3, -0.25) is 4.98 Å². The van der Waals surface area contributed by atoms with Gasteiger partial charge < -0.3 is 0 Å². The van der Waals surface area contributed by atoms with Crippen LogP contribution in [0, 0.1) is 0 Å². The number of carbonyl (C=O) groups excluding carboxylic acids is 1. The van der Waals surface area contributed by atoms with Gasteiger partial charge in [0.15, 0.2) is 0 Å². The molecule has 3 nitrogen and oxygen atoms in total. The molecule has 0 saturated carbocycles. The van der Waals surface area contributed by atoms with Crippen LogP contribution in [0.3, 0.4) is 0 Å². The molecule has 1 aromatic heterocycles. The fourth-order valence-corrected chi connectivity index (χ4v) is 1.21. The van der Waals surface area contributed by atoms with E-state index in [1.165, 1.54) is 6.20 Å². The molecule has 0 atom stereocenters. The average Bonchev–Trinajstić information content (AvgIpc) is 2.03. The normalized spacial score (nSPS) is 11.3. The Bertz CT molecular complexity index is 326. The fraction of sp³-hybridized carbons (Fsp3) is 0.400. The summed E-state index contributed by atoms with van der Waals surface area (Å²) in [7, 11) is 0. The zero-order chi connectivity index (χ0) is 10.1. The summed E-state index contributed by atoms with van der Waals surface area (Å²) in [5.74, 6) is -1.17. The molecule has 13 heavy (non-hydrogen) atoms. The predicted octanol–water partition coefficient (Wildman–Crippen LogP) is 1.95. The van der Waals surface area contributed by atoms with Gasteiger partial charge in [-0.25, -0.2) is 9.90 Å². The number of aromatic nitrogens is 1. The van der Waals surface area contributed by atoms with Crippen LogP contribution in [-0.2, 0) is 10.5 Å². The van der Waals surface area contributed by atoms with Crippen molar-refractivity contribution in [3.8, 4) is 0 Å². The van der Waals surface area contributed by atoms with Crippen LogP contribution in [0.2, 0.25) is 0 Å². The fourth-order valence-electron chi connectivity index (χ4n) is 1.21. The Labute approximate surface area is 77.4 Å². The van der Waals surface area contributed by atoms with E-state index in [-0.39, 0.29) is 11.0 Å². The summed E-state index contributed by atoms with van der Waals surface area (Å²) in [6, 6.07) is 1.71. The zero-order valence-electron chi connectivity index (χ0n) is 8.00. The maximum atomic E-state index is 10.7. The molecule has 0 aliphatic carbocycles. The Morgan fingerprint density at radius 2 is 2.00 bits per heavy atom. The van der Waals surface area contributed by atoms with E-state index >= 15 is 0 Å². The standard InChI is InChI=1S/C10H12NO2/c1-10(2,3)8-4-5-11-6-7(8)9(12)13/h4-6H,1-3H3. The summed E-state index contributed by atoms with van der Waals surface area (Å²) in [5.41, 5.74) is 0.732. The van der Waals surface area contributed by atoms with Crippen molar-refractivity contribution in [3.63, 3.8) is 0 Å². The van der Waals surface area contributed by atoms with Gasteiger partial charge in [-0.05, 0) is 17.0 Å². The topological polar surface area (TPSA) is 49.9 Å². The molecule has 0 spiro atoms. The van der Waals surface area contributed by atoms with Crippen LogP contribution in [-0.4, -0.2) is 11.0 Å². The quantitative estimate of drug-likeness (QED) is 0.659. The summed E-state index contributed by atoms with van der Waals surface area (Å²) in [6.45, 7) is 5.86. The second-order valence-corrected chi connectivity index (χ2v) is 3.96. The molecule has 1 radical (unpaired) electrons. The molecule has 0 fully saturated rings. The molecule has 0 unspecified atom stereocenters. The first kappa shape index (κ1) is 9.71. The third-order valence-corrected chi connectivity index (χ3v) is 1.85. The molecule has 0 bridgehead atoms. The summed E-state index contributed by atoms with van der Waals surface area (Å²) < 4.78 is 0. The van der Waals surface area contributed by atoms with Gasteiger partial charge in [0.25, 0.3) is 0 Å². The van der Waals surface area contributed by atoms with Crippen LogP contribution in [0.5, 0.6) is 0 Å². The smallest absolute Gasteiger partial charge is 0.264 e. The summed E-state index contributed by atoms with van der Waals surface area (Å²) in [5, 5.41) is 10.7. The van der Waals surface area contributed by atoms with Crippen molar-refractivity contribution in [2.24, 2.45) is 0 Å². The van der Waals surface area contributed by atoms with Crippen LogP contribution in [0.4, 0.5) is 0 Å². The van der Waals surface area contributed by atoms with E-state index in [1.54, 1.807) is 12.3 Å². The highest BCUT2D eigenvalue weighted by Crippen LogP contribution is 2.24. The first-order chi connectivity index (χ1) is 5.93. The Morgan fingerprint density at radius 3 is 2.38 bits per heavy atom. The lowest BCUT2D eigenvalue weighted by Gasteiger charge is -2.20. The van der Waals surface area contributed by atoms with E-state index < -0.39 is 5.97 Å². The lowest BCUT2D eigenvalue weighted by Crippen LogP contribution is -2.16. The maximum absolute atomic E-state index is 10.7. The van der Waals surface area contributed by atoms with Gasteiger partial charge in [-0.15, -0.1) is 0 Å². The molecule has 1 heterocycles. The van der Waals surface area contributed by atoms with Crippen molar-refractivity contribution in [2.45, 2.75) is 26.2 Å². The van der Waals surface area contributed by atoms with Crippen LogP contribution in [0.25, 0.3) is 0 Å². The SMILES string of the molecule is CC(C)(C)c1ccncc1C([O])=O. The van der Waals surface area contributed by atoms with E-state index in [9.17, 15) is 9.90 Å². The van der Waals surface area contributed by atoms with Crippen LogP contribution in [0.1, 0.15) is 36.7 Å². The van der Waals surface area contributed by atoms with Gasteiger partial charge in [0, 0.05) is 12.4 Å². The molecule has 0 aromatic carbocycles. The van der Waals surface area contributed by atoms with Crippen molar-refractivity contribution in [1.29, 1.82) is 0 Å². The monoisotopic (exact) mass is 178 g/mol. The first-order valence-corrected chi connectivity index (χ1v) is 4.09. The van der Waals surface area contributed by atoms with Crippen LogP contribution >= 0.6 is 0 Å². The molecular formula is C10H12NO2. The molecule has 1 rings (SSSR count). The lowest BCUT2D eigenvalue weighted by molar-refractivity contribution is 0.0570. The van der Waals surface area contributed by atoms with Crippen LogP contribution < -0.4 is 0 Å². The largest absolute Gasteiger partial charge is 0.388 e. The molecular weight excluding hydrogens is 166 g/mol. The molecule has 0 aliphatic heterocycles. The van der Waals surface area contributed by atoms with Crippen molar-refractivity contribution in [1.82, 2.24) is 4.98 Å². The van der Waals surface area contributed by atoms with E-state index in [2.05, 4.69) is 4.98 Å². The Kier molecular flexibility index (Phi) is 2.36. The highest BCUT2D eigenvalue weighted by atomic mass is 16.4. The summed E-state index contributed by atoms with van der Waals surface area (Å²) in [6.07, 6.45) is 2.92. The van der Waals surface area contributed by atoms with Gasteiger partial charge >= 0.3 is 5.97 Å². The van der Waals surface area contributed by atoms with Gasteiger partial charge in [0.1, 0.15) is 0 Å². The molecule has 0 amide bonds. The van der Waals surface area contributed by atoms with Crippen molar-refractivity contribution in [2.75, 3.05) is 0 Å². The van der Waals surface area contributed by atoms with Crippen molar-refractivity contribution in [3.05, 3.63) is 29.6 Å². The van der Waals surface area contributed by atoms with Gasteiger partial charge in [-0.2, -0.15) is 0 Å². The number of hydrogen-bond donors (Lipinski definition) is 0. The highest BCUT2D eigenvalue weighted by molar-refractivity contribution is 5.89. The minimum absolute atomic E-state index is 0.176. The maximum Gasteiger partial charge on any atom is 0.388 e. The minimum atomic E-state index is -1.17. The van der Waals surface area contributed by atoms with E-state index in [4.69, 9.17) is 0 Å². The third kappa shape index (κ3) is 2.05. The number of nitrogens with zero attached hydrogens (tertiary/aromatic N) is 1. The number of rotatable bonds is 1. The Balaban J connectivity index is 3.28. The predicted molar refractivity (Wildman–Crippen MR) is 48.0 cm³/mol.